The summed E-state index contributed by atoms with van der Waals surface area (Å²) in [6.07, 6.45) is 9.05. The summed E-state index contributed by atoms with van der Waals surface area (Å²) in [6, 6.07) is 6.49. The summed E-state index contributed by atoms with van der Waals surface area (Å²) in [4.78, 5) is 0. The third-order valence-electron chi connectivity index (χ3n) is 6.59. The van der Waals surface area contributed by atoms with Crippen molar-refractivity contribution in [1.82, 2.24) is 0 Å². The lowest BCUT2D eigenvalue weighted by Crippen LogP contribution is -2.29. The zero-order valence-electron chi connectivity index (χ0n) is 15.8. The molecule has 146 valence electrons. The normalized spacial score (nSPS) is 29.5. The van der Waals surface area contributed by atoms with Crippen LogP contribution >= 0.6 is 0 Å². The Hall–Kier alpha value is -0.973. The Morgan fingerprint density at radius 1 is 0.923 bits per heavy atom. The molecular formula is C21H31F3OSi. The van der Waals surface area contributed by atoms with Crippen molar-refractivity contribution >= 4 is 8.80 Å². The summed E-state index contributed by atoms with van der Waals surface area (Å²) in [5.74, 6) is -1.50. The molecule has 0 atom stereocenters. The van der Waals surface area contributed by atoms with Crippen molar-refractivity contribution in [2.75, 3.05) is 6.61 Å². The number of hydrogen-bond acceptors (Lipinski definition) is 1. The maximum atomic E-state index is 13.2. The van der Waals surface area contributed by atoms with Gasteiger partial charge in [-0.3, -0.25) is 0 Å². The largest absolute Gasteiger partial charge is 0.493 e. The van der Waals surface area contributed by atoms with Crippen molar-refractivity contribution in [2.24, 2.45) is 17.8 Å². The third kappa shape index (κ3) is 5.05. The highest BCUT2D eigenvalue weighted by molar-refractivity contribution is 6.58. The van der Waals surface area contributed by atoms with Gasteiger partial charge in [0.15, 0.2) is 17.5 Å². The average Bonchev–Trinajstić information content (AvgIpc) is 2.66. The van der Waals surface area contributed by atoms with E-state index in [2.05, 4.69) is 6.92 Å². The smallest absolute Gasteiger partial charge is 0.194 e. The molecular weight excluding hydrogens is 353 g/mol. The monoisotopic (exact) mass is 384 g/mol. The molecule has 1 aliphatic heterocycles. The number of benzene rings is 1. The van der Waals surface area contributed by atoms with Gasteiger partial charge in [0, 0.05) is 20.9 Å². The molecule has 0 N–H and O–H groups in total. The predicted molar refractivity (Wildman–Crippen MR) is 102 cm³/mol. The quantitative estimate of drug-likeness (QED) is 0.411. The van der Waals surface area contributed by atoms with Gasteiger partial charge in [0.25, 0.3) is 0 Å². The van der Waals surface area contributed by atoms with Crippen molar-refractivity contribution in [2.45, 2.75) is 70.0 Å². The fourth-order valence-electron chi connectivity index (χ4n) is 5.01. The number of hydrogen-bond donors (Lipinski definition) is 0. The van der Waals surface area contributed by atoms with E-state index in [0.717, 1.165) is 36.8 Å². The van der Waals surface area contributed by atoms with Gasteiger partial charge in [-0.05, 0) is 43.4 Å². The molecule has 1 saturated heterocycles. The number of ether oxygens (including phenoxy) is 1. The van der Waals surface area contributed by atoms with E-state index in [1.807, 2.05) is 0 Å². The van der Waals surface area contributed by atoms with Gasteiger partial charge in [-0.1, -0.05) is 44.3 Å². The van der Waals surface area contributed by atoms with Crippen LogP contribution in [-0.4, -0.2) is 15.4 Å². The first kappa shape index (κ1) is 19.8. The van der Waals surface area contributed by atoms with E-state index in [1.54, 1.807) is 12.1 Å². The van der Waals surface area contributed by atoms with E-state index in [1.165, 1.54) is 38.1 Å². The minimum Gasteiger partial charge on any atom is -0.493 e. The minimum atomic E-state index is -1.44. The van der Waals surface area contributed by atoms with Crippen LogP contribution in [-0.2, 0) is 0 Å². The standard InChI is InChI=1S/C21H31F3OSi/c1-2-9-26-10-7-17(8-11-26)16-5-3-15(4-6-16)14-25-18-12-19(22)21(24)20(23)13-18/h12-13,15-17,26H,2-11,14H2,1H3/t15-,16-,17?,26?. The topological polar surface area (TPSA) is 9.23 Å². The van der Waals surface area contributed by atoms with Gasteiger partial charge in [-0.25, -0.2) is 13.2 Å². The van der Waals surface area contributed by atoms with Crippen LogP contribution in [0.5, 0.6) is 5.75 Å². The highest BCUT2D eigenvalue weighted by Crippen LogP contribution is 2.41. The molecule has 1 aliphatic carbocycles. The van der Waals surface area contributed by atoms with Gasteiger partial charge in [-0.2, -0.15) is 0 Å². The van der Waals surface area contributed by atoms with Gasteiger partial charge in [0.1, 0.15) is 5.75 Å². The van der Waals surface area contributed by atoms with E-state index in [4.69, 9.17) is 4.74 Å². The van der Waals surface area contributed by atoms with Crippen molar-refractivity contribution in [3.63, 3.8) is 0 Å². The Morgan fingerprint density at radius 3 is 2.08 bits per heavy atom. The molecule has 5 heteroatoms. The second kappa shape index (κ2) is 9.29. The SMILES string of the molecule is CCC[SiH]1CCC([C@H]2CC[C@H](COc3cc(F)c(F)c(F)c3)CC2)CC1. The van der Waals surface area contributed by atoms with Crippen LogP contribution in [0, 0.1) is 35.2 Å². The molecule has 1 aromatic carbocycles. The Bertz CT molecular complexity index is 556. The molecule has 26 heavy (non-hydrogen) atoms. The molecule has 0 aromatic heterocycles. The molecule has 2 aliphatic rings. The second-order valence-electron chi connectivity index (χ2n) is 8.36. The highest BCUT2D eigenvalue weighted by Gasteiger charge is 2.31. The summed E-state index contributed by atoms with van der Waals surface area (Å²) >= 11 is 0. The van der Waals surface area contributed by atoms with Gasteiger partial charge in [0.2, 0.25) is 0 Å². The van der Waals surface area contributed by atoms with E-state index in [9.17, 15) is 13.2 Å². The van der Waals surface area contributed by atoms with Crippen LogP contribution in [0.4, 0.5) is 13.2 Å². The van der Waals surface area contributed by atoms with Crippen LogP contribution in [0.25, 0.3) is 0 Å². The lowest BCUT2D eigenvalue weighted by atomic mass is 9.74. The first-order valence-corrected chi connectivity index (χ1v) is 12.8. The fourth-order valence-corrected chi connectivity index (χ4v) is 8.49. The van der Waals surface area contributed by atoms with Gasteiger partial charge < -0.3 is 4.74 Å². The van der Waals surface area contributed by atoms with E-state index < -0.39 is 26.2 Å². The second-order valence-corrected chi connectivity index (χ2v) is 11.8. The zero-order chi connectivity index (χ0) is 18.5. The number of halogens is 3. The lowest BCUT2D eigenvalue weighted by molar-refractivity contribution is 0.147. The van der Waals surface area contributed by atoms with Crippen LogP contribution in [0.15, 0.2) is 12.1 Å². The van der Waals surface area contributed by atoms with Gasteiger partial charge in [-0.15, -0.1) is 0 Å². The van der Waals surface area contributed by atoms with Gasteiger partial charge in [0.05, 0.1) is 6.61 Å². The molecule has 0 spiro atoms. The number of rotatable bonds is 6. The van der Waals surface area contributed by atoms with E-state index >= 15 is 0 Å². The third-order valence-corrected chi connectivity index (χ3v) is 10.3. The van der Waals surface area contributed by atoms with Crippen LogP contribution in [0.3, 0.4) is 0 Å². The first-order valence-electron chi connectivity index (χ1n) is 10.3. The molecule has 0 amide bonds. The molecule has 1 heterocycles. The molecule has 1 aromatic rings. The van der Waals surface area contributed by atoms with Crippen LogP contribution in [0.2, 0.25) is 18.1 Å². The average molecular weight is 385 g/mol. The maximum Gasteiger partial charge on any atom is 0.194 e. The van der Waals surface area contributed by atoms with E-state index in [0.29, 0.717) is 12.5 Å². The summed E-state index contributed by atoms with van der Waals surface area (Å²) < 4.78 is 45.0. The van der Waals surface area contributed by atoms with Crippen molar-refractivity contribution in [3.8, 4) is 5.75 Å². The Balaban J connectivity index is 1.40. The minimum absolute atomic E-state index is 0.0859. The Labute approximate surface area is 156 Å². The highest BCUT2D eigenvalue weighted by atomic mass is 28.3. The summed E-state index contributed by atoms with van der Waals surface area (Å²) in [6.45, 7) is 2.78. The molecule has 0 radical (unpaired) electrons. The fraction of sp³-hybridized carbons (Fsp3) is 0.714. The molecule has 2 fully saturated rings. The van der Waals surface area contributed by atoms with Crippen LogP contribution < -0.4 is 4.74 Å². The van der Waals surface area contributed by atoms with Gasteiger partial charge >= 0.3 is 0 Å². The Morgan fingerprint density at radius 2 is 1.50 bits per heavy atom. The molecule has 0 unspecified atom stereocenters. The summed E-state index contributed by atoms with van der Waals surface area (Å²) in [7, 11) is -0.398. The lowest BCUT2D eigenvalue weighted by Gasteiger charge is -2.37. The molecule has 3 rings (SSSR count). The Kier molecular flexibility index (Phi) is 7.07. The zero-order valence-corrected chi connectivity index (χ0v) is 16.9. The molecule has 1 nitrogen and oxygen atoms in total. The van der Waals surface area contributed by atoms with Crippen molar-refractivity contribution in [1.29, 1.82) is 0 Å². The van der Waals surface area contributed by atoms with Crippen LogP contribution in [0.1, 0.15) is 51.9 Å². The first-order chi connectivity index (χ1) is 12.6. The summed E-state index contributed by atoms with van der Waals surface area (Å²) in [5.41, 5.74) is 0. The molecule has 0 bridgehead atoms. The van der Waals surface area contributed by atoms with Crippen molar-refractivity contribution in [3.05, 3.63) is 29.6 Å². The van der Waals surface area contributed by atoms with Crippen molar-refractivity contribution < 1.29 is 17.9 Å². The molecule has 1 saturated carbocycles. The predicted octanol–water partition coefficient (Wildman–Crippen LogP) is 6.34. The maximum absolute atomic E-state index is 13.2. The summed E-state index contributed by atoms with van der Waals surface area (Å²) in [5, 5.41) is 0. The van der Waals surface area contributed by atoms with E-state index in [-0.39, 0.29) is 5.75 Å².